The number of carbonyl (C=O) groups is 2. The van der Waals surface area contributed by atoms with Crippen molar-refractivity contribution in [3.05, 3.63) is 35.9 Å². The molecular weight excluding hydrogens is 264 g/mol. The number of hydrogen-bond donors (Lipinski definition) is 1. The molecule has 0 spiro atoms. The number of nitrogens with one attached hydrogen (secondary N) is 1. The Balaban J connectivity index is 1.71. The van der Waals surface area contributed by atoms with Gasteiger partial charge in [0.15, 0.2) is 0 Å². The molecule has 2 fully saturated rings. The summed E-state index contributed by atoms with van der Waals surface area (Å²) in [5.74, 6) is 0.109. The maximum absolute atomic E-state index is 12.2. The second kappa shape index (κ2) is 5.88. The van der Waals surface area contributed by atoms with Crippen LogP contribution in [0.4, 0.5) is 0 Å². The van der Waals surface area contributed by atoms with E-state index < -0.39 is 0 Å². The molecule has 1 aromatic rings. The standard InChI is InChI=1S/C17H22N2O2/c1-12(20)19-11-14(17(21)18-15-8-9-15)7-10-16(19)13-5-3-2-4-6-13/h2-6,14-16H,7-11H2,1H3,(H,18,21). The minimum Gasteiger partial charge on any atom is -0.353 e. The van der Waals surface area contributed by atoms with Crippen LogP contribution in [-0.4, -0.2) is 29.3 Å². The summed E-state index contributed by atoms with van der Waals surface area (Å²) in [7, 11) is 0. The Bertz CT molecular complexity index is 525. The lowest BCUT2D eigenvalue weighted by molar-refractivity contribution is -0.137. The van der Waals surface area contributed by atoms with Crippen molar-refractivity contribution in [2.24, 2.45) is 5.92 Å². The van der Waals surface area contributed by atoms with Crippen molar-refractivity contribution < 1.29 is 9.59 Å². The lowest BCUT2D eigenvalue weighted by Crippen LogP contribution is -2.46. The fraction of sp³-hybridized carbons (Fsp3) is 0.529. The first kappa shape index (κ1) is 14.1. The molecule has 0 bridgehead atoms. The van der Waals surface area contributed by atoms with Crippen LogP contribution in [0.3, 0.4) is 0 Å². The third kappa shape index (κ3) is 3.26. The van der Waals surface area contributed by atoms with E-state index in [1.54, 1.807) is 6.92 Å². The summed E-state index contributed by atoms with van der Waals surface area (Å²) in [4.78, 5) is 26.0. The maximum Gasteiger partial charge on any atom is 0.225 e. The summed E-state index contributed by atoms with van der Waals surface area (Å²) < 4.78 is 0. The SMILES string of the molecule is CC(=O)N1CC(C(=O)NC2CC2)CCC1c1ccccc1. The molecule has 4 nitrogen and oxygen atoms in total. The lowest BCUT2D eigenvalue weighted by atomic mass is 9.88. The van der Waals surface area contributed by atoms with Crippen molar-refractivity contribution >= 4 is 11.8 Å². The van der Waals surface area contributed by atoms with Gasteiger partial charge in [0.25, 0.3) is 0 Å². The van der Waals surface area contributed by atoms with E-state index in [2.05, 4.69) is 17.4 Å². The second-order valence-corrected chi connectivity index (χ2v) is 6.15. The lowest BCUT2D eigenvalue weighted by Gasteiger charge is -2.39. The zero-order valence-electron chi connectivity index (χ0n) is 12.4. The van der Waals surface area contributed by atoms with Gasteiger partial charge in [0.1, 0.15) is 0 Å². The van der Waals surface area contributed by atoms with Gasteiger partial charge in [0, 0.05) is 19.5 Å². The van der Waals surface area contributed by atoms with Gasteiger partial charge in [-0.2, -0.15) is 0 Å². The third-order valence-electron chi connectivity index (χ3n) is 4.47. The van der Waals surface area contributed by atoms with E-state index >= 15 is 0 Å². The van der Waals surface area contributed by atoms with Gasteiger partial charge >= 0.3 is 0 Å². The number of amides is 2. The molecule has 1 saturated heterocycles. The quantitative estimate of drug-likeness (QED) is 0.926. The molecule has 1 heterocycles. The molecule has 2 atom stereocenters. The number of hydrogen-bond acceptors (Lipinski definition) is 2. The van der Waals surface area contributed by atoms with Crippen molar-refractivity contribution in [3.8, 4) is 0 Å². The fourth-order valence-electron chi connectivity index (χ4n) is 3.10. The zero-order valence-corrected chi connectivity index (χ0v) is 12.4. The van der Waals surface area contributed by atoms with E-state index in [4.69, 9.17) is 0 Å². The normalized spacial score (nSPS) is 25.5. The Labute approximate surface area is 125 Å². The molecule has 0 radical (unpaired) electrons. The summed E-state index contributed by atoms with van der Waals surface area (Å²) >= 11 is 0. The van der Waals surface area contributed by atoms with Gasteiger partial charge in [0.2, 0.25) is 11.8 Å². The predicted octanol–water partition coefficient (Wildman–Crippen LogP) is 2.26. The summed E-state index contributed by atoms with van der Waals surface area (Å²) in [6.45, 7) is 2.13. The van der Waals surface area contributed by atoms with Gasteiger partial charge < -0.3 is 10.2 Å². The minimum absolute atomic E-state index is 0.0489. The van der Waals surface area contributed by atoms with E-state index in [-0.39, 0.29) is 23.8 Å². The van der Waals surface area contributed by atoms with Crippen molar-refractivity contribution in [2.45, 2.75) is 44.7 Å². The fourth-order valence-corrected chi connectivity index (χ4v) is 3.10. The molecule has 2 amide bonds. The third-order valence-corrected chi connectivity index (χ3v) is 4.47. The molecule has 21 heavy (non-hydrogen) atoms. The van der Waals surface area contributed by atoms with E-state index in [1.165, 1.54) is 0 Å². The monoisotopic (exact) mass is 286 g/mol. The number of likely N-dealkylation sites (tertiary alicyclic amines) is 1. The van der Waals surface area contributed by atoms with Crippen LogP contribution in [0, 0.1) is 5.92 Å². The number of piperidine rings is 1. The van der Waals surface area contributed by atoms with Crippen LogP contribution in [0.2, 0.25) is 0 Å². The van der Waals surface area contributed by atoms with Crippen molar-refractivity contribution in [1.82, 2.24) is 10.2 Å². The summed E-state index contributed by atoms with van der Waals surface area (Å²) in [5.41, 5.74) is 1.16. The summed E-state index contributed by atoms with van der Waals surface area (Å²) in [6, 6.07) is 10.6. The molecule has 1 N–H and O–H groups in total. The highest BCUT2D eigenvalue weighted by molar-refractivity contribution is 5.81. The van der Waals surface area contributed by atoms with E-state index in [0.717, 1.165) is 31.2 Å². The van der Waals surface area contributed by atoms with Crippen molar-refractivity contribution in [3.63, 3.8) is 0 Å². The van der Waals surface area contributed by atoms with Crippen LogP contribution < -0.4 is 5.32 Å². The molecule has 2 unspecified atom stereocenters. The van der Waals surface area contributed by atoms with Crippen LogP contribution in [0.15, 0.2) is 30.3 Å². The maximum atomic E-state index is 12.2. The van der Waals surface area contributed by atoms with E-state index in [9.17, 15) is 9.59 Å². The predicted molar refractivity (Wildman–Crippen MR) is 80.5 cm³/mol. The number of rotatable bonds is 3. The van der Waals surface area contributed by atoms with Gasteiger partial charge in [0.05, 0.1) is 12.0 Å². The summed E-state index contributed by atoms with van der Waals surface area (Å²) in [5, 5.41) is 3.06. The molecule has 3 rings (SSSR count). The van der Waals surface area contributed by atoms with E-state index in [1.807, 2.05) is 23.1 Å². The highest BCUT2D eigenvalue weighted by atomic mass is 16.2. The van der Waals surface area contributed by atoms with Gasteiger partial charge in [-0.15, -0.1) is 0 Å². The Morgan fingerprint density at radius 2 is 1.81 bits per heavy atom. The Morgan fingerprint density at radius 1 is 1.10 bits per heavy atom. The topological polar surface area (TPSA) is 49.4 Å². The highest BCUT2D eigenvalue weighted by Gasteiger charge is 2.35. The molecular formula is C17H22N2O2. The van der Waals surface area contributed by atoms with Gasteiger partial charge in [-0.3, -0.25) is 9.59 Å². The largest absolute Gasteiger partial charge is 0.353 e. The molecule has 0 aromatic heterocycles. The zero-order chi connectivity index (χ0) is 14.8. The first-order valence-electron chi connectivity index (χ1n) is 7.77. The molecule has 1 aliphatic carbocycles. The minimum atomic E-state index is -0.0607. The van der Waals surface area contributed by atoms with Crippen molar-refractivity contribution in [1.29, 1.82) is 0 Å². The molecule has 2 aliphatic rings. The van der Waals surface area contributed by atoms with Crippen LogP contribution in [0.1, 0.15) is 44.2 Å². The van der Waals surface area contributed by atoms with Crippen LogP contribution in [0.5, 0.6) is 0 Å². The molecule has 1 aliphatic heterocycles. The van der Waals surface area contributed by atoms with Gasteiger partial charge in [-0.05, 0) is 31.2 Å². The van der Waals surface area contributed by atoms with Gasteiger partial charge in [-0.1, -0.05) is 30.3 Å². The van der Waals surface area contributed by atoms with Crippen LogP contribution in [-0.2, 0) is 9.59 Å². The first-order chi connectivity index (χ1) is 10.1. The number of nitrogens with zero attached hydrogens (tertiary/aromatic N) is 1. The highest BCUT2D eigenvalue weighted by Crippen LogP contribution is 2.34. The average Bonchev–Trinajstić information content (AvgIpc) is 3.31. The van der Waals surface area contributed by atoms with Crippen molar-refractivity contribution in [2.75, 3.05) is 6.54 Å². The Kier molecular flexibility index (Phi) is 3.95. The summed E-state index contributed by atoms with van der Waals surface area (Å²) in [6.07, 6.45) is 3.90. The Hall–Kier alpha value is -1.84. The van der Waals surface area contributed by atoms with Gasteiger partial charge in [-0.25, -0.2) is 0 Å². The molecule has 4 heteroatoms. The molecule has 1 aromatic carbocycles. The number of benzene rings is 1. The van der Waals surface area contributed by atoms with E-state index in [0.29, 0.717) is 12.6 Å². The Morgan fingerprint density at radius 3 is 2.43 bits per heavy atom. The van der Waals surface area contributed by atoms with Crippen LogP contribution >= 0.6 is 0 Å². The average molecular weight is 286 g/mol. The second-order valence-electron chi connectivity index (χ2n) is 6.15. The molecule has 112 valence electrons. The van der Waals surface area contributed by atoms with Crippen LogP contribution in [0.25, 0.3) is 0 Å². The first-order valence-corrected chi connectivity index (χ1v) is 7.77. The smallest absolute Gasteiger partial charge is 0.225 e. The molecule has 1 saturated carbocycles. The number of carbonyl (C=O) groups excluding carboxylic acids is 2.